The summed E-state index contributed by atoms with van der Waals surface area (Å²) in [6.07, 6.45) is -2.13. The van der Waals surface area contributed by atoms with E-state index in [0.717, 1.165) is 11.1 Å². The number of ether oxygens (including phenoxy) is 4. The topological polar surface area (TPSA) is 132 Å². The van der Waals surface area contributed by atoms with E-state index in [1.165, 1.54) is 4.90 Å². The number of benzene rings is 3. The molecule has 4 rings (SSSR count). The number of nitrogens with one attached hydrogen (secondary N) is 2. The lowest BCUT2D eigenvalue weighted by molar-refractivity contribution is -0.126. The number of Topliss-reactive ketones (excluding diaryl/α,β-unsaturated/α-hetero) is 1. The number of piperazine rings is 1. The fourth-order valence-electron chi connectivity index (χ4n) is 4.63. The van der Waals surface area contributed by atoms with E-state index in [0.29, 0.717) is 12.1 Å². The number of nitrogens with zero attached hydrogens (tertiary/aromatic N) is 1. The molecule has 3 aromatic rings. The first-order valence-electron chi connectivity index (χ1n) is 14.8. The van der Waals surface area contributed by atoms with Crippen molar-refractivity contribution in [2.24, 2.45) is 0 Å². The lowest BCUT2D eigenvalue weighted by Crippen LogP contribution is -2.61. The summed E-state index contributed by atoms with van der Waals surface area (Å²) < 4.78 is 21.4. The molecule has 238 valence electrons. The van der Waals surface area contributed by atoms with E-state index in [9.17, 15) is 19.2 Å². The van der Waals surface area contributed by atoms with Crippen molar-refractivity contribution in [3.63, 3.8) is 0 Å². The van der Waals surface area contributed by atoms with Crippen molar-refractivity contribution in [3.8, 4) is 5.75 Å². The molecule has 2 atom stereocenters. The van der Waals surface area contributed by atoms with E-state index in [4.69, 9.17) is 18.9 Å². The molecule has 3 aromatic carbocycles. The largest absolute Gasteiger partial charge is 0.514 e. The molecule has 2 amide bonds. The summed E-state index contributed by atoms with van der Waals surface area (Å²) in [4.78, 5) is 53.4. The number of carbonyl (C=O) groups is 4. The molecule has 11 nitrogen and oxygen atoms in total. The minimum atomic E-state index is -1.04. The first-order valence-corrected chi connectivity index (χ1v) is 14.8. The van der Waals surface area contributed by atoms with Gasteiger partial charge in [0, 0.05) is 19.6 Å². The Morgan fingerprint density at radius 1 is 0.844 bits per heavy atom. The second kappa shape index (κ2) is 15.7. The molecule has 0 bridgehead atoms. The smallest absolute Gasteiger partial charge is 0.445 e. The molecule has 1 saturated heterocycles. The van der Waals surface area contributed by atoms with Crippen molar-refractivity contribution in [1.82, 2.24) is 15.5 Å². The van der Waals surface area contributed by atoms with Gasteiger partial charge in [0.1, 0.15) is 30.6 Å². The highest BCUT2D eigenvalue weighted by molar-refractivity contribution is 5.94. The summed E-state index contributed by atoms with van der Waals surface area (Å²) in [5.74, 6) is -0.128. The van der Waals surface area contributed by atoms with Crippen LogP contribution in [0.2, 0.25) is 0 Å². The summed E-state index contributed by atoms with van der Waals surface area (Å²) in [6, 6.07) is 23.0. The molecular weight excluding hydrogens is 578 g/mol. The Balaban J connectivity index is 1.44. The van der Waals surface area contributed by atoms with Crippen molar-refractivity contribution in [2.75, 3.05) is 19.6 Å². The lowest BCUT2D eigenvalue weighted by Gasteiger charge is -2.37. The van der Waals surface area contributed by atoms with Crippen LogP contribution < -0.4 is 15.4 Å². The van der Waals surface area contributed by atoms with Crippen molar-refractivity contribution in [3.05, 3.63) is 102 Å². The van der Waals surface area contributed by atoms with Gasteiger partial charge in [0.15, 0.2) is 5.78 Å². The summed E-state index contributed by atoms with van der Waals surface area (Å²) in [5.41, 5.74) is 1.55. The predicted molar refractivity (Wildman–Crippen MR) is 166 cm³/mol. The number of amides is 2. The van der Waals surface area contributed by atoms with Gasteiger partial charge in [-0.25, -0.2) is 14.4 Å². The maximum Gasteiger partial charge on any atom is 0.514 e. The molecule has 0 spiro atoms. The zero-order chi connectivity index (χ0) is 32.2. The number of ketones is 1. The lowest BCUT2D eigenvalue weighted by atomic mass is 9.96. The van der Waals surface area contributed by atoms with Gasteiger partial charge in [0.2, 0.25) is 0 Å². The van der Waals surface area contributed by atoms with Gasteiger partial charge in [0.25, 0.3) is 0 Å². The summed E-state index contributed by atoms with van der Waals surface area (Å²) in [7, 11) is 0. The van der Waals surface area contributed by atoms with Crippen molar-refractivity contribution < 1.29 is 38.1 Å². The Labute approximate surface area is 262 Å². The Hall–Kier alpha value is -4.90. The Kier molecular flexibility index (Phi) is 11.5. The van der Waals surface area contributed by atoms with Crippen LogP contribution in [0.1, 0.15) is 37.5 Å². The molecule has 0 saturated carbocycles. The van der Waals surface area contributed by atoms with Crippen molar-refractivity contribution in [1.29, 1.82) is 0 Å². The van der Waals surface area contributed by atoms with Crippen LogP contribution in [0, 0.1) is 0 Å². The third-order valence-electron chi connectivity index (χ3n) is 6.81. The van der Waals surface area contributed by atoms with E-state index >= 15 is 0 Å². The average Bonchev–Trinajstić information content (AvgIpc) is 3.03. The van der Waals surface area contributed by atoms with Gasteiger partial charge in [-0.2, -0.15) is 0 Å². The number of alkyl carbamates (subject to hydrolysis) is 1. The molecular formula is C34H39N3O8. The third kappa shape index (κ3) is 10.6. The van der Waals surface area contributed by atoms with Crippen LogP contribution >= 0.6 is 0 Å². The molecule has 1 fully saturated rings. The van der Waals surface area contributed by atoms with Gasteiger partial charge in [-0.15, -0.1) is 0 Å². The predicted octanol–water partition coefficient (Wildman–Crippen LogP) is 5.02. The zero-order valence-electron chi connectivity index (χ0n) is 25.7. The van der Waals surface area contributed by atoms with Crippen LogP contribution in [0.4, 0.5) is 14.4 Å². The van der Waals surface area contributed by atoms with Gasteiger partial charge >= 0.3 is 18.3 Å². The summed E-state index contributed by atoms with van der Waals surface area (Å²) in [5, 5.41) is 5.85. The van der Waals surface area contributed by atoms with Crippen LogP contribution in [0.25, 0.3) is 0 Å². The van der Waals surface area contributed by atoms with Crippen LogP contribution in [0.15, 0.2) is 84.9 Å². The minimum Gasteiger partial charge on any atom is -0.445 e. The quantitative estimate of drug-likeness (QED) is 0.183. The zero-order valence-corrected chi connectivity index (χ0v) is 25.7. The molecule has 1 aliphatic heterocycles. The van der Waals surface area contributed by atoms with Crippen LogP contribution in [-0.2, 0) is 38.6 Å². The van der Waals surface area contributed by atoms with Crippen molar-refractivity contribution >= 4 is 24.1 Å². The summed E-state index contributed by atoms with van der Waals surface area (Å²) >= 11 is 0. The second-order valence-corrected chi connectivity index (χ2v) is 11.5. The molecule has 1 unspecified atom stereocenters. The molecule has 1 aliphatic rings. The maximum atomic E-state index is 13.9. The van der Waals surface area contributed by atoms with E-state index in [1.54, 1.807) is 45.0 Å². The van der Waals surface area contributed by atoms with E-state index in [-0.39, 0.29) is 44.3 Å². The second-order valence-electron chi connectivity index (χ2n) is 11.5. The SMILES string of the molecule is CC(C)(C)OC(=O)N1CCNCC1C(=O)[C@H](Cc1ccc(OC(=O)OCc2ccccc2)cc1)NC(=O)OCc1ccccc1. The first-order chi connectivity index (χ1) is 21.6. The Bertz CT molecular complexity index is 1430. The highest BCUT2D eigenvalue weighted by Crippen LogP contribution is 2.19. The number of rotatable bonds is 10. The van der Waals surface area contributed by atoms with E-state index in [2.05, 4.69) is 10.6 Å². The van der Waals surface area contributed by atoms with Crippen LogP contribution in [-0.4, -0.2) is 66.3 Å². The molecule has 2 N–H and O–H groups in total. The van der Waals surface area contributed by atoms with Gasteiger partial charge in [0.05, 0.1) is 6.04 Å². The van der Waals surface area contributed by atoms with Gasteiger partial charge < -0.3 is 29.6 Å². The number of hydrogen-bond donors (Lipinski definition) is 2. The fourth-order valence-corrected chi connectivity index (χ4v) is 4.63. The Morgan fingerprint density at radius 2 is 1.44 bits per heavy atom. The standard InChI is InChI=1S/C34H39N3O8/c1-34(2,3)45-32(40)37-19-18-35-21-29(37)30(38)28(36-31(39)42-22-25-10-6-4-7-11-25)20-24-14-16-27(17-15-24)44-33(41)43-23-26-12-8-5-9-13-26/h4-17,28-29,35H,18-23H2,1-3H3,(H,36,39)/t28-,29?/m0/s1. The highest BCUT2D eigenvalue weighted by atomic mass is 16.7. The van der Waals surface area contributed by atoms with Gasteiger partial charge in [-0.1, -0.05) is 72.8 Å². The first kappa shape index (κ1) is 33.0. The van der Waals surface area contributed by atoms with E-state index < -0.39 is 36.0 Å². The fraction of sp³-hybridized carbons (Fsp3) is 0.353. The van der Waals surface area contributed by atoms with Crippen molar-refractivity contribution in [2.45, 2.75) is 58.1 Å². The third-order valence-corrected chi connectivity index (χ3v) is 6.81. The van der Waals surface area contributed by atoms with Crippen LogP contribution in [0.5, 0.6) is 5.75 Å². The molecule has 1 heterocycles. The molecule has 0 aromatic heterocycles. The van der Waals surface area contributed by atoms with Crippen LogP contribution in [0.3, 0.4) is 0 Å². The van der Waals surface area contributed by atoms with Gasteiger partial charge in [-0.05, 0) is 56.0 Å². The monoisotopic (exact) mass is 617 g/mol. The molecule has 45 heavy (non-hydrogen) atoms. The molecule has 0 aliphatic carbocycles. The highest BCUT2D eigenvalue weighted by Gasteiger charge is 2.38. The number of carbonyl (C=O) groups excluding carboxylic acids is 4. The molecule has 0 radical (unpaired) electrons. The minimum absolute atomic E-state index is 0.0228. The Morgan fingerprint density at radius 3 is 2.04 bits per heavy atom. The number of hydrogen-bond acceptors (Lipinski definition) is 9. The summed E-state index contributed by atoms with van der Waals surface area (Å²) in [6.45, 7) is 6.33. The van der Waals surface area contributed by atoms with E-state index in [1.807, 2.05) is 60.7 Å². The maximum absolute atomic E-state index is 13.9. The normalized spacial score (nSPS) is 15.4. The average molecular weight is 618 g/mol. The molecule has 11 heteroatoms. The van der Waals surface area contributed by atoms with Gasteiger partial charge in [-0.3, -0.25) is 9.69 Å².